The monoisotopic (exact) mass is 300 g/mol. The third kappa shape index (κ3) is 2.43. The second kappa shape index (κ2) is 5.55. The predicted octanol–water partition coefficient (Wildman–Crippen LogP) is 1.65. The summed E-state index contributed by atoms with van der Waals surface area (Å²) in [4.78, 5) is 15.8. The van der Waals surface area contributed by atoms with Crippen molar-refractivity contribution in [1.82, 2.24) is 9.78 Å². The molecule has 112 valence electrons. The zero-order chi connectivity index (χ0) is 15.7. The van der Waals surface area contributed by atoms with Crippen molar-refractivity contribution in [2.24, 2.45) is 11.6 Å². The van der Waals surface area contributed by atoms with Gasteiger partial charge < -0.3 is 10.6 Å². The van der Waals surface area contributed by atoms with Gasteiger partial charge in [-0.2, -0.15) is 11.0 Å². The smallest absolute Gasteiger partial charge is 0.359 e. The van der Waals surface area contributed by atoms with Gasteiger partial charge in [0.2, 0.25) is 0 Å². The largest absolute Gasteiger partial charge is 0.370 e. The topological polar surface area (TPSA) is 96.2 Å². The van der Waals surface area contributed by atoms with Gasteiger partial charge in [0.25, 0.3) is 0 Å². The average Bonchev–Trinajstić information content (AvgIpc) is 2.97. The van der Waals surface area contributed by atoms with Gasteiger partial charge in [0.1, 0.15) is 11.3 Å². The first-order valence-electron chi connectivity index (χ1n) is 6.51. The summed E-state index contributed by atoms with van der Waals surface area (Å²) in [6.07, 6.45) is 1.63. The fourth-order valence-electron chi connectivity index (χ4n) is 2.23. The molecule has 0 amide bonds. The van der Waals surface area contributed by atoms with Crippen molar-refractivity contribution in [3.05, 3.63) is 59.5 Å². The quantitative estimate of drug-likeness (QED) is 0.717. The van der Waals surface area contributed by atoms with Gasteiger partial charge in [-0.25, -0.2) is 13.9 Å². The fraction of sp³-hybridized carbons (Fsp3) is 0.0667. The van der Waals surface area contributed by atoms with Crippen LogP contribution in [0.15, 0.2) is 42.6 Å². The number of nitrogens with two attached hydrogens (primary N) is 2. The molecule has 2 aromatic carbocycles. The van der Waals surface area contributed by atoms with Crippen LogP contribution in [-0.2, 0) is 11.4 Å². The molecule has 1 heterocycles. The number of aromatic nitrogens is 2. The van der Waals surface area contributed by atoms with Crippen molar-refractivity contribution < 1.29 is 14.0 Å². The minimum atomic E-state index is -0.840. The van der Waals surface area contributed by atoms with E-state index in [2.05, 4.69) is 9.94 Å². The number of rotatable bonds is 3. The zero-order valence-corrected chi connectivity index (χ0v) is 11.5. The van der Waals surface area contributed by atoms with Crippen molar-refractivity contribution in [3.8, 4) is 5.69 Å². The van der Waals surface area contributed by atoms with Gasteiger partial charge >= 0.3 is 5.97 Å². The number of nitrogens with zero attached hydrogens (tertiary/aromatic N) is 2. The Labute approximate surface area is 125 Å². The lowest BCUT2D eigenvalue weighted by molar-refractivity contribution is 0.0505. The molecule has 4 N–H and O–H groups in total. The highest BCUT2D eigenvalue weighted by Gasteiger charge is 2.16. The molecule has 22 heavy (non-hydrogen) atoms. The van der Waals surface area contributed by atoms with Gasteiger partial charge in [-0.1, -0.05) is 12.1 Å². The SMILES string of the molecule is NCc1ccc(-n2cc3cc(F)cc(C(=O)ON)c3n2)cc1. The van der Waals surface area contributed by atoms with Crippen LogP contribution in [0.5, 0.6) is 0 Å². The van der Waals surface area contributed by atoms with E-state index < -0.39 is 11.8 Å². The predicted molar refractivity (Wildman–Crippen MR) is 78.5 cm³/mol. The van der Waals surface area contributed by atoms with Crippen LogP contribution in [0.25, 0.3) is 16.6 Å². The molecule has 0 aliphatic heterocycles. The first-order chi connectivity index (χ1) is 10.6. The lowest BCUT2D eigenvalue weighted by Crippen LogP contribution is -2.11. The molecule has 0 atom stereocenters. The number of halogens is 1. The van der Waals surface area contributed by atoms with Crippen molar-refractivity contribution in [2.45, 2.75) is 6.54 Å². The van der Waals surface area contributed by atoms with E-state index in [9.17, 15) is 9.18 Å². The van der Waals surface area contributed by atoms with E-state index in [4.69, 9.17) is 11.6 Å². The fourth-order valence-corrected chi connectivity index (χ4v) is 2.23. The highest BCUT2D eigenvalue weighted by molar-refractivity contribution is 6.02. The van der Waals surface area contributed by atoms with E-state index in [1.807, 2.05) is 24.3 Å². The molecule has 0 spiro atoms. The van der Waals surface area contributed by atoms with Gasteiger partial charge in [-0.3, -0.25) is 0 Å². The zero-order valence-electron chi connectivity index (χ0n) is 11.5. The lowest BCUT2D eigenvalue weighted by Gasteiger charge is -2.02. The molecule has 3 aromatic rings. The highest BCUT2D eigenvalue weighted by atomic mass is 19.1. The average molecular weight is 300 g/mol. The molecule has 6 nitrogen and oxygen atoms in total. The minimum Gasteiger partial charge on any atom is -0.370 e. The van der Waals surface area contributed by atoms with Gasteiger partial charge in [-0.15, -0.1) is 0 Å². The Kier molecular flexibility index (Phi) is 3.58. The molecule has 0 radical (unpaired) electrons. The van der Waals surface area contributed by atoms with Gasteiger partial charge in [0.15, 0.2) is 0 Å². The van der Waals surface area contributed by atoms with Gasteiger partial charge in [-0.05, 0) is 29.8 Å². The summed E-state index contributed by atoms with van der Waals surface area (Å²) in [5, 5.41) is 4.79. The number of benzene rings is 2. The van der Waals surface area contributed by atoms with Crippen LogP contribution in [0.1, 0.15) is 15.9 Å². The van der Waals surface area contributed by atoms with Crippen LogP contribution in [0.4, 0.5) is 4.39 Å². The number of carbonyl (C=O) groups is 1. The Balaban J connectivity index is 2.14. The molecule has 0 aliphatic carbocycles. The van der Waals surface area contributed by atoms with E-state index in [0.29, 0.717) is 17.4 Å². The van der Waals surface area contributed by atoms with E-state index in [1.165, 1.54) is 6.07 Å². The number of hydrogen-bond acceptors (Lipinski definition) is 5. The standard InChI is InChI=1S/C15H13FN4O2/c16-11-5-10-8-20(12-3-1-9(7-17)2-4-12)19-14(10)13(6-11)15(21)22-18/h1-6,8H,7,17-18H2. The molecule has 0 saturated carbocycles. The summed E-state index contributed by atoms with van der Waals surface area (Å²) >= 11 is 0. The first kappa shape index (κ1) is 14.2. The van der Waals surface area contributed by atoms with Crippen molar-refractivity contribution >= 4 is 16.9 Å². The van der Waals surface area contributed by atoms with Crippen molar-refractivity contribution in [2.75, 3.05) is 0 Å². The number of hydrogen-bond donors (Lipinski definition) is 2. The third-order valence-corrected chi connectivity index (χ3v) is 3.34. The molecule has 7 heteroatoms. The maximum atomic E-state index is 13.6. The Hall–Kier alpha value is -2.77. The summed E-state index contributed by atoms with van der Waals surface area (Å²) in [5.74, 6) is 3.47. The van der Waals surface area contributed by atoms with Gasteiger partial charge in [0, 0.05) is 18.1 Å². The molecular formula is C15H13FN4O2. The highest BCUT2D eigenvalue weighted by Crippen LogP contribution is 2.22. The van der Waals surface area contributed by atoms with E-state index >= 15 is 0 Å². The maximum absolute atomic E-state index is 13.6. The summed E-state index contributed by atoms with van der Waals surface area (Å²) in [6.45, 7) is 0.444. The molecule has 0 fully saturated rings. The van der Waals surface area contributed by atoms with Crippen LogP contribution in [-0.4, -0.2) is 15.7 Å². The number of fused-ring (bicyclic) bond motifs is 1. The molecule has 1 aromatic heterocycles. The second-order valence-corrected chi connectivity index (χ2v) is 4.74. The van der Waals surface area contributed by atoms with Crippen LogP contribution >= 0.6 is 0 Å². The van der Waals surface area contributed by atoms with E-state index in [-0.39, 0.29) is 5.56 Å². The first-order valence-corrected chi connectivity index (χ1v) is 6.51. The summed E-state index contributed by atoms with van der Waals surface area (Å²) < 4.78 is 15.2. The Morgan fingerprint density at radius 1 is 1.27 bits per heavy atom. The second-order valence-electron chi connectivity index (χ2n) is 4.74. The summed E-state index contributed by atoms with van der Waals surface area (Å²) in [5.41, 5.74) is 7.61. The Morgan fingerprint density at radius 3 is 2.64 bits per heavy atom. The lowest BCUT2D eigenvalue weighted by atomic mass is 10.1. The van der Waals surface area contributed by atoms with Crippen molar-refractivity contribution in [1.29, 1.82) is 0 Å². The maximum Gasteiger partial charge on any atom is 0.359 e. The minimum absolute atomic E-state index is 0.0187. The molecule has 3 rings (SSSR count). The molecule has 0 aliphatic rings. The van der Waals surface area contributed by atoms with Crippen LogP contribution in [0.2, 0.25) is 0 Å². The number of carbonyl (C=O) groups excluding carboxylic acids is 1. The normalized spacial score (nSPS) is 10.9. The van der Waals surface area contributed by atoms with E-state index in [0.717, 1.165) is 17.3 Å². The third-order valence-electron chi connectivity index (χ3n) is 3.34. The van der Waals surface area contributed by atoms with Crippen LogP contribution in [0.3, 0.4) is 0 Å². The van der Waals surface area contributed by atoms with Crippen molar-refractivity contribution in [3.63, 3.8) is 0 Å². The van der Waals surface area contributed by atoms with Crippen LogP contribution < -0.4 is 11.6 Å². The van der Waals surface area contributed by atoms with Gasteiger partial charge in [0.05, 0.1) is 11.3 Å². The van der Waals surface area contributed by atoms with Crippen LogP contribution in [0, 0.1) is 5.82 Å². The molecular weight excluding hydrogens is 287 g/mol. The molecule has 0 bridgehead atoms. The molecule has 0 saturated heterocycles. The Morgan fingerprint density at radius 2 is 2.00 bits per heavy atom. The molecule has 0 unspecified atom stereocenters. The van der Waals surface area contributed by atoms with E-state index in [1.54, 1.807) is 10.9 Å². The summed E-state index contributed by atoms with van der Waals surface area (Å²) in [7, 11) is 0. The Bertz CT molecular complexity index is 843. The summed E-state index contributed by atoms with van der Waals surface area (Å²) in [6, 6.07) is 9.76.